The third-order valence-electron chi connectivity index (χ3n) is 3.56. The lowest BCUT2D eigenvalue weighted by Crippen LogP contribution is -2.42. The Morgan fingerprint density at radius 1 is 1.14 bits per heavy atom. The first kappa shape index (κ1) is 16.3. The van der Waals surface area contributed by atoms with Crippen LogP contribution in [0.5, 0.6) is 5.75 Å². The quantitative estimate of drug-likeness (QED) is 0.762. The number of rotatable bonds is 5. The molecule has 1 fully saturated rings. The summed E-state index contributed by atoms with van der Waals surface area (Å²) in [6.45, 7) is 5.64. The third-order valence-corrected chi connectivity index (χ3v) is 3.56. The van der Waals surface area contributed by atoms with Gasteiger partial charge in [-0.15, -0.1) is 0 Å². The number of esters is 1. The molecule has 0 unspecified atom stereocenters. The van der Waals surface area contributed by atoms with E-state index in [9.17, 15) is 9.59 Å². The van der Waals surface area contributed by atoms with Crippen LogP contribution in [0.2, 0.25) is 0 Å². The Morgan fingerprint density at radius 3 is 2.55 bits per heavy atom. The molecule has 0 bridgehead atoms. The van der Waals surface area contributed by atoms with Crippen molar-refractivity contribution in [2.45, 2.75) is 13.8 Å². The number of carbonyl (C=O) groups is 2. The fraction of sp³-hybridized carbons (Fsp3) is 0.500. The average molecular weight is 307 g/mol. The second kappa shape index (κ2) is 7.79. The summed E-state index contributed by atoms with van der Waals surface area (Å²) in [6, 6.07) is 5.59. The van der Waals surface area contributed by atoms with Crippen LogP contribution < -0.4 is 4.74 Å². The van der Waals surface area contributed by atoms with E-state index >= 15 is 0 Å². The van der Waals surface area contributed by atoms with Gasteiger partial charge in [0.1, 0.15) is 5.75 Å². The minimum absolute atomic E-state index is 0.206. The Kier molecular flexibility index (Phi) is 5.77. The fourth-order valence-electron chi connectivity index (χ4n) is 2.03. The summed E-state index contributed by atoms with van der Waals surface area (Å²) in [6.07, 6.45) is 0. The van der Waals surface area contributed by atoms with Crippen LogP contribution >= 0.6 is 0 Å². The van der Waals surface area contributed by atoms with Crippen LogP contribution in [0.1, 0.15) is 11.1 Å². The van der Waals surface area contributed by atoms with Crippen molar-refractivity contribution in [1.82, 2.24) is 4.90 Å². The molecule has 0 saturated carbocycles. The molecule has 0 aliphatic carbocycles. The smallest absolute Gasteiger partial charge is 0.344 e. The van der Waals surface area contributed by atoms with Crippen LogP contribution in [-0.4, -0.2) is 56.3 Å². The molecule has 0 aromatic heterocycles. The molecule has 1 aromatic rings. The highest BCUT2D eigenvalue weighted by molar-refractivity contribution is 5.81. The standard InChI is InChI=1S/C16H21NO5/c1-12-3-4-14(9-13(12)2)21-11-16(19)22-10-15(18)17-5-7-20-8-6-17/h3-4,9H,5-8,10-11H2,1-2H3. The van der Waals surface area contributed by atoms with Gasteiger partial charge in [0.25, 0.3) is 5.91 Å². The molecule has 0 radical (unpaired) electrons. The Morgan fingerprint density at radius 2 is 1.86 bits per heavy atom. The van der Waals surface area contributed by atoms with Gasteiger partial charge in [-0.1, -0.05) is 6.07 Å². The minimum Gasteiger partial charge on any atom is -0.482 e. The highest BCUT2D eigenvalue weighted by atomic mass is 16.6. The van der Waals surface area contributed by atoms with E-state index in [1.807, 2.05) is 26.0 Å². The zero-order valence-corrected chi connectivity index (χ0v) is 13.0. The molecule has 1 saturated heterocycles. The van der Waals surface area contributed by atoms with Crippen LogP contribution in [0.25, 0.3) is 0 Å². The summed E-state index contributed by atoms with van der Waals surface area (Å²) in [5.74, 6) is -0.151. The lowest BCUT2D eigenvalue weighted by atomic mass is 10.1. The van der Waals surface area contributed by atoms with Crippen molar-refractivity contribution in [3.63, 3.8) is 0 Å². The summed E-state index contributed by atoms with van der Waals surface area (Å²) < 4.78 is 15.5. The Labute approximate surface area is 129 Å². The molecular weight excluding hydrogens is 286 g/mol. The van der Waals surface area contributed by atoms with Gasteiger partial charge in [0.15, 0.2) is 13.2 Å². The fourth-order valence-corrected chi connectivity index (χ4v) is 2.03. The van der Waals surface area contributed by atoms with Crippen LogP contribution in [0.15, 0.2) is 18.2 Å². The van der Waals surface area contributed by atoms with Crippen LogP contribution in [-0.2, 0) is 19.1 Å². The molecule has 0 spiro atoms. The maximum Gasteiger partial charge on any atom is 0.344 e. The van der Waals surface area contributed by atoms with Crippen molar-refractivity contribution in [2.24, 2.45) is 0 Å². The third kappa shape index (κ3) is 4.73. The lowest BCUT2D eigenvalue weighted by Gasteiger charge is -2.26. The first-order valence-corrected chi connectivity index (χ1v) is 7.27. The molecular formula is C16H21NO5. The number of hydrogen-bond donors (Lipinski definition) is 0. The molecule has 1 aromatic carbocycles. The first-order valence-electron chi connectivity index (χ1n) is 7.27. The minimum atomic E-state index is -0.556. The number of amides is 1. The molecule has 0 N–H and O–H groups in total. The van der Waals surface area contributed by atoms with Gasteiger partial charge in [0.05, 0.1) is 13.2 Å². The summed E-state index contributed by atoms with van der Waals surface area (Å²) in [5, 5.41) is 0. The van der Waals surface area contributed by atoms with E-state index in [0.29, 0.717) is 32.1 Å². The van der Waals surface area contributed by atoms with Crippen molar-refractivity contribution in [3.05, 3.63) is 29.3 Å². The number of nitrogens with zero attached hydrogens (tertiary/aromatic N) is 1. The van der Waals surface area contributed by atoms with Gasteiger partial charge in [-0.05, 0) is 37.1 Å². The SMILES string of the molecule is Cc1ccc(OCC(=O)OCC(=O)N2CCOCC2)cc1C. The zero-order chi connectivity index (χ0) is 15.9. The van der Waals surface area contributed by atoms with Gasteiger partial charge in [0.2, 0.25) is 0 Å². The second-order valence-electron chi connectivity index (χ2n) is 5.19. The van der Waals surface area contributed by atoms with Crippen molar-refractivity contribution in [1.29, 1.82) is 0 Å². The summed E-state index contributed by atoms with van der Waals surface area (Å²) in [5.41, 5.74) is 2.25. The van der Waals surface area contributed by atoms with Crippen LogP contribution in [0.3, 0.4) is 0 Å². The monoisotopic (exact) mass is 307 g/mol. The second-order valence-corrected chi connectivity index (χ2v) is 5.19. The van der Waals surface area contributed by atoms with E-state index < -0.39 is 5.97 Å². The molecule has 1 heterocycles. The van der Waals surface area contributed by atoms with Gasteiger partial charge in [0, 0.05) is 13.1 Å². The highest BCUT2D eigenvalue weighted by Crippen LogP contribution is 2.16. The number of aryl methyl sites for hydroxylation is 2. The normalized spacial score (nSPS) is 14.5. The molecule has 120 valence electrons. The molecule has 22 heavy (non-hydrogen) atoms. The molecule has 1 aliphatic rings. The van der Waals surface area contributed by atoms with Gasteiger partial charge >= 0.3 is 5.97 Å². The largest absolute Gasteiger partial charge is 0.482 e. The van der Waals surface area contributed by atoms with E-state index in [0.717, 1.165) is 11.1 Å². The van der Waals surface area contributed by atoms with E-state index in [1.165, 1.54) is 0 Å². The first-order chi connectivity index (χ1) is 10.6. The molecule has 1 aliphatic heterocycles. The van der Waals surface area contributed by atoms with E-state index in [4.69, 9.17) is 14.2 Å². The summed E-state index contributed by atoms with van der Waals surface area (Å²) in [7, 11) is 0. The molecule has 1 amide bonds. The lowest BCUT2D eigenvalue weighted by molar-refractivity contribution is -0.155. The van der Waals surface area contributed by atoms with Gasteiger partial charge in [-0.2, -0.15) is 0 Å². The average Bonchev–Trinajstić information content (AvgIpc) is 2.54. The van der Waals surface area contributed by atoms with Crippen molar-refractivity contribution in [3.8, 4) is 5.75 Å². The number of ether oxygens (including phenoxy) is 3. The van der Waals surface area contributed by atoms with Crippen molar-refractivity contribution in [2.75, 3.05) is 39.5 Å². The Hall–Kier alpha value is -2.08. The zero-order valence-electron chi connectivity index (χ0n) is 13.0. The van der Waals surface area contributed by atoms with E-state index in [2.05, 4.69) is 0 Å². The predicted octanol–water partition coefficient (Wildman–Crippen LogP) is 1.08. The van der Waals surface area contributed by atoms with Gasteiger partial charge < -0.3 is 19.1 Å². The Bertz CT molecular complexity index is 537. The molecule has 0 atom stereocenters. The predicted molar refractivity (Wildman–Crippen MR) is 79.8 cm³/mol. The maximum absolute atomic E-state index is 11.8. The Balaban J connectivity index is 1.71. The highest BCUT2D eigenvalue weighted by Gasteiger charge is 2.18. The van der Waals surface area contributed by atoms with Crippen LogP contribution in [0, 0.1) is 13.8 Å². The number of benzene rings is 1. The van der Waals surface area contributed by atoms with Gasteiger partial charge in [-0.3, -0.25) is 4.79 Å². The molecule has 6 nitrogen and oxygen atoms in total. The number of hydrogen-bond acceptors (Lipinski definition) is 5. The molecule has 2 rings (SSSR count). The van der Waals surface area contributed by atoms with Crippen LogP contribution in [0.4, 0.5) is 0 Å². The summed E-state index contributed by atoms with van der Waals surface area (Å²) >= 11 is 0. The van der Waals surface area contributed by atoms with Crippen molar-refractivity contribution < 1.29 is 23.8 Å². The topological polar surface area (TPSA) is 65.1 Å². The van der Waals surface area contributed by atoms with E-state index in [-0.39, 0.29) is 19.1 Å². The maximum atomic E-state index is 11.8. The number of morpholine rings is 1. The van der Waals surface area contributed by atoms with Gasteiger partial charge in [-0.25, -0.2) is 4.79 Å². The summed E-state index contributed by atoms with van der Waals surface area (Å²) in [4.78, 5) is 25.1. The van der Waals surface area contributed by atoms with Crippen molar-refractivity contribution >= 4 is 11.9 Å². The molecule has 6 heteroatoms. The van der Waals surface area contributed by atoms with E-state index in [1.54, 1.807) is 11.0 Å². The number of carbonyl (C=O) groups excluding carboxylic acids is 2.